The number of rotatable bonds is 6. The zero-order chi connectivity index (χ0) is 19.8. The first-order chi connectivity index (χ1) is 13.5. The molecule has 1 saturated carbocycles. The smallest absolute Gasteiger partial charge is 0.252 e. The molecule has 0 radical (unpaired) electrons. The Hall–Kier alpha value is -2.69. The van der Waals surface area contributed by atoms with E-state index in [1.807, 2.05) is 41.9 Å². The fourth-order valence-electron chi connectivity index (χ4n) is 4.11. The minimum absolute atomic E-state index is 0.0320. The molecule has 2 aromatic heterocycles. The number of pyridine rings is 1. The minimum Gasteiger partial charge on any atom is -0.345 e. The number of hydrogen-bond acceptors (Lipinski definition) is 3. The second-order valence-electron chi connectivity index (χ2n) is 7.72. The van der Waals surface area contributed by atoms with Crippen LogP contribution in [-0.4, -0.2) is 20.7 Å². The van der Waals surface area contributed by atoms with Gasteiger partial charge in [0.2, 0.25) is 0 Å². The predicted octanol–water partition coefficient (Wildman–Crippen LogP) is 4.83. The van der Waals surface area contributed by atoms with Gasteiger partial charge >= 0.3 is 0 Å². The van der Waals surface area contributed by atoms with Gasteiger partial charge in [-0.15, -0.1) is 0 Å². The average molecular weight is 377 g/mol. The molecule has 4 rings (SSSR count). The van der Waals surface area contributed by atoms with E-state index in [1.54, 1.807) is 0 Å². The SMILES string of the molecule is CCC(NC(=O)c1cc(C2CC2)nc2ccccc12)c1c(C)nn(CC)c1C. The molecule has 2 heterocycles. The Morgan fingerprint density at radius 2 is 2.00 bits per heavy atom. The molecule has 0 aliphatic heterocycles. The zero-order valence-electron chi connectivity index (χ0n) is 17.1. The maximum Gasteiger partial charge on any atom is 0.252 e. The number of fused-ring (bicyclic) bond motifs is 1. The van der Waals surface area contributed by atoms with Crippen LogP contribution in [0.25, 0.3) is 10.9 Å². The molecule has 0 bridgehead atoms. The quantitative estimate of drug-likeness (QED) is 0.670. The maximum atomic E-state index is 13.3. The van der Waals surface area contributed by atoms with E-state index >= 15 is 0 Å². The molecule has 1 atom stereocenters. The largest absolute Gasteiger partial charge is 0.345 e. The number of aromatic nitrogens is 3. The van der Waals surface area contributed by atoms with E-state index < -0.39 is 0 Å². The number of aryl methyl sites for hydroxylation is 2. The lowest BCUT2D eigenvalue weighted by Crippen LogP contribution is -2.29. The van der Waals surface area contributed by atoms with Crippen LogP contribution in [0.2, 0.25) is 0 Å². The minimum atomic E-state index is -0.0518. The second kappa shape index (κ2) is 7.38. The number of para-hydroxylation sites is 1. The summed E-state index contributed by atoms with van der Waals surface area (Å²) in [6.45, 7) is 9.13. The summed E-state index contributed by atoms with van der Waals surface area (Å²) in [5, 5.41) is 8.82. The van der Waals surface area contributed by atoms with Crippen LogP contribution in [0.15, 0.2) is 30.3 Å². The molecule has 1 amide bonds. The molecule has 0 saturated heterocycles. The van der Waals surface area contributed by atoms with E-state index in [2.05, 4.69) is 31.2 Å². The number of benzene rings is 1. The third kappa shape index (κ3) is 3.30. The summed E-state index contributed by atoms with van der Waals surface area (Å²) in [5.41, 5.74) is 5.93. The molecular weight excluding hydrogens is 348 g/mol. The Balaban J connectivity index is 1.70. The molecule has 1 aromatic carbocycles. The van der Waals surface area contributed by atoms with Gasteiger partial charge in [0.05, 0.1) is 22.8 Å². The van der Waals surface area contributed by atoms with Gasteiger partial charge in [-0.1, -0.05) is 25.1 Å². The third-order valence-electron chi connectivity index (χ3n) is 5.78. The topological polar surface area (TPSA) is 59.8 Å². The number of hydrogen-bond donors (Lipinski definition) is 1. The normalized spacial score (nSPS) is 15.0. The summed E-state index contributed by atoms with van der Waals surface area (Å²) in [5.74, 6) is 0.473. The Morgan fingerprint density at radius 1 is 1.25 bits per heavy atom. The van der Waals surface area contributed by atoms with Gasteiger partial charge in [0.25, 0.3) is 5.91 Å². The van der Waals surface area contributed by atoms with Gasteiger partial charge in [-0.2, -0.15) is 5.10 Å². The predicted molar refractivity (Wildman–Crippen MR) is 112 cm³/mol. The van der Waals surface area contributed by atoms with Crippen LogP contribution in [0.1, 0.15) is 78.1 Å². The molecule has 1 aliphatic rings. The van der Waals surface area contributed by atoms with Crippen LogP contribution >= 0.6 is 0 Å². The molecule has 1 unspecified atom stereocenters. The first kappa shape index (κ1) is 18.7. The number of carbonyl (C=O) groups excluding carboxylic acids is 1. The molecular formula is C23H28N4O. The maximum absolute atomic E-state index is 13.3. The fourth-order valence-corrected chi connectivity index (χ4v) is 4.11. The van der Waals surface area contributed by atoms with E-state index in [1.165, 1.54) is 12.8 Å². The molecule has 0 spiro atoms. The molecule has 5 heteroatoms. The zero-order valence-corrected chi connectivity index (χ0v) is 17.1. The standard InChI is InChI=1S/C23H28N4O/c1-5-19(22-14(3)26-27(6-2)15(22)4)25-23(28)18-13-21(16-11-12-16)24-20-10-8-7-9-17(18)20/h7-10,13,16,19H,5-6,11-12H2,1-4H3,(H,25,28). The summed E-state index contributed by atoms with van der Waals surface area (Å²) in [7, 11) is 0. The number of nitrogens with zero attached hydrogens (tertiary/aromatic N) is 3. The van der Waals surface area contributed by atoms with Crippen LogP contribution in [-0.2, 0) is 6.54 Å². The first-order valence-corrected chi connectivity index (χ1v) is 10.3. The monoisotopic (exact) mass is 376 g/mol. The van der Waals surface area contributed by atoms with Crippen molar-refractivity contribution < 1.29 is 4.79 Å². The molecule has 3 aromatic rings. The van der Waals surface area contributed by atoms with Gasteiger partial charge in [0.1, 0.15) is 0 Å². The molecule has 1 N–H and O–H groups in total. The first-order valence-electron chi connectivity index (χ1n) is 10.3. The Kier molecular flexibility index (Phi) is 4.92. The van der Waals surface area contributed by atoms with Crippen molar-refractivity contribution in [3.63, 3.8) is 0 Å². The van der Waals surface area contributed by atoms with Gasteiger partial charge in [0, 0.05) is 34.8 Å². The molecule has 28 heavy (non-hydrogen) atoms. The summed E-state index contributed by atoms with van der Waals surface area (Å²) >= 11 is 0. The lowest BCUT2D eigenvalue weighted by molar-refractivity contribution is 0.0937. The van der Waals surface area contributed by atoms with Crippen LogP contribution in [0, 0.1) is 13.8 Å². The van der Waals surface area contributed by atoms with Crippen molar-refractivity contribution >= 4 is 16.8 Å². The van der Waals surface area contributed by atoms with E-state index in [0.717, 1.165) is 52.1 Å². The van der Waals surface area contributed by atoms with Crippen molar-refractivity contribution in [1.29, 1.82) is 0 Å². The van der Waals surface area contributed by atoms with Gasteiger partial charge in [0.15, 0.2) is 0 Å². The van der Waals surface area contributed by atoms with Crippen molar-refractivity contribution in [2.75, 3.05) is 0 Å². The number of amides is 1. The Labute approximate surface area is 166 Å². The fraction of sp³-hybridized carbons (Fsp3) is 0.435. The highest BCUT2D eigenvalue weighted by molar-refractivity contribution is 6.06. The van der Waals surface area contributed by atoms with Crippen LogP contribution in [0.5, 0.6) is 0 Å². The Bertz CT molecular complexity index is 1030. The van der Waals surface area contributed by atoms with E-state index in [9.17, 15) is 4.79 Å². The van der Waals surface area contributed by atoms with Gasteiger partial charge < -0.3 is 5.32 Å². The van der Waals surface area contributed by atoms with Gasteiger partial charge in [-0.05, 0) is 52.2 Å². The lowest BCUT2D eigenvalue weighted by Gasteiger charge is -2.19. The summed E-state index contributed by atoms with van der Waals surface area (Å²) in [4.78, 5) is 18.1. The Morgan fingerprint density at radius 3 is 2.64 bits per heavy atom. The molecule has 1 aliphatic carbocycles. The van der Waals surface area contributed by atoms with Gasteiger partial charge in [-0.25, -0.2) is 0 Å². The van der Waals surface area contributed by atoms with Crippen LogP contribution in [0.3, 0.4) is 0 Å². The van der Waals surface area contributed by atoms with Crippen molar-refractivity contribution in [1.82, 2.24) is 20.1 Å². The van der Waals surface area contributed by atoms with Gasteiger partial charge in [-0.3, -0.25) is 14.5 Å². The third-order valence-corrected chi connectivity index (χ3v) is 5.78. The van der Waals surface area contributed by atoms with Crippen LogP contribution in [0.4, 0.5) is 0 Å². The highest BCUT2D eigenvalue weighted by Crippen LogP contribution is 2.40. The highest BCUT2D eigenvalue weighted by atomic mass is 16.1. The van der Waals surface area contributed by atoms with Crippen molar-refractivity contribution in [2.45, 2.75) is 65.5 Å². The molecule has 146 valence electrons. The van der Waals surface area contributed by atoms with E-state index in [4.69, 9.17) is 4.98 Å². The van der Waals surface area contributed by atoms with E-state index in [0.29, 0.717) is 5.92 Å². The van der Waals surface area contributed by atoms with Crippen molar-refractivity contribution in [2.24, 2.45) is 0 Å². The van der Waals surface area contributed by atoms with E-state index in [-0.39, 0.29) is 11.9 Å². The highest BCUT2D eigenvalue weighted by Gasteiger charge is 2.28. The second-order valence-corrected chi connectivity index (χ2v) is 7.72. The van der Waals surface area contributed by atoms with Crippen LogP contribution < -0.4 is 5.32 Å². The van der Waals surface area contributed by atoms with Crippen molar-refractivity contribution in [3.05, 3.63) is 58.5 Å². The summed E-state index contributed by atoms with van der Waals surface area (Å²) in [6.07, 6.45) is 3.15. The van der Waals surface area contributed by atoms with Crippen molar-refractivity contribution in [3.8, 4) is 0 Å². The summed E-state index contributed by atoms with van der Waals surface area (Å²) < 4.78 is 2.01. The number of carbonyl (C=O) groups is 1. The molecule has 5 nitrogen and oxygen atoms in total. The summed E-state index contributed by atoms with van der Waals surface area (Å²) in [6, 6.07) is 9.87. The lowest BCUT2D eigenvalue weighted by atomic mass is 10.0. The number of nitrogens with one attached hydrogen (secondary N) is 1. The molecule has 1 fully saturated rings. The average Bonchev–Trinajstić information content (AvgIpc) is 3.51.